The van der Waals surface area contributed by atoms with Crippen molar-refractivity contribution in [1.82, 2.24) is 26.6 Å². The Labute approximate surface area is 270 Å². The lowest BCUT2D eigenvalue weighted by molar-refractivity contribution is -0.137. The number of methoxy groups -OCH3 is 1. The molecule has 0 radical (unpaired) electrons. The van der Waals surface area contributed by atoms with Gasteiger partial charge in [-0.15, -0.1) is 0 Å². The number of aromatic hydroxyl groups is 1. The van der Waals surface area contributed by atoms with Crippen molar-refractivity contribution in [1.29, 1.82) is 0 Å². The fraction of sp³-hybridized carbons (Fsp3) is 0.433. The van der Waals surface area contributed by atoms with Gasteiger partial charge in [0.2, 0.25) is 35.3 Å². The molecule has 0 saturated heterocycles. The Balaban J connectivity index is 2.21. The highest BCUT2D eigenvalue weighted by atomic mass is 35.5. The molecule has 2 aliphatic rings. The van der Waals surface area contributed by atoms with Gasteiger partial charge in [0.05, 0.1) is 24.6 Å². The van der Waals surface area contributed by atoms with E-state index in [9.17, 15) is 34.2 Å². The number of aliphatic hydroxyl groups is 1. The van der Waals surface area contributed by atoms with Crippen molar-refractivity contribution in [2.24, 2.45) is 11.7 Å². The first-order valence-electron chi connectivity index (χ1n) is 14.3. The molecule has 0 spiro atoms. The van der Waals surface area contributed by atoms with Crippen LogP contribution < -0.4 is 41.8 Å². The molecule has 250 valence electrons. The van der Waals surface area contributed by atoms with E-state index in [-0.39, 0.29) is 39.3 Å². The van der Waals surface area contributed by atoms with Crippen LogP contribution >= 0.6 is 11.6 Å². The molecule has 2 aromatic carbocycles. The van der Waals surface area contributed by atoms with Crippen LogP contribution in [0.4, 0.5) is 0 Å². The molecular weight excluding hydrogens is 624 g/mol. The number of ether oxygens (including phenoxy) is 2. The maximum atomic E-state index is 13.7. The summed E-state index contributed by atoms with van der Waals surface area (Å²) in [6, 6.07) is 1.02. The second kappa shape index (κ2) is 15.6. The zero-order valence-corrected chi connectivity index (χ0v) is 26.7. The van der Waals surface area contributed by atoms with E-state index >= 15 is 0 Å². The third-order valence-electron chi connectivity index (χ3n) is 7.21. The SMILES string of the molecule is CNC(=O)[C@@H]1NC(=O)[C@H](CC(N)=O)NC(=O)[C@H](NC(=O)[C@@H](CC(C)C)NC)[C@H](O)c2ccc(c(Cl)c2)Oc2cc1cc(O)c2OC. The van der Waals surface area contributed by atoms with Crippen LogP contribution in [-0.2, 0) is 24.0 Å². The Morgan fingerprint density at radius 3 is 2.33 bits per heavy atom. The molecule has 0 saturated carbocycles. The molecule has 2 aliphatic heterocycles. The number of nitrogens with two attached hydrogens (primary N) is 1. The monoisotopic (exact) mass is 662 g/mol. The molecule has 5 atom stereocenters. The van der Waals surface area contributed by atoms with Crippen molar-refractivity contribution in [3.05, 3.63) is 46.5 Å². The van der Waals surface area contributed by atoms with Crippen LogP contribution in [0.15, 0.2) is 30.3 Å². The number of amides is 5. The smallest absolute Gasteiger partial charge is 0.246 e. The first-order chi connectivity index (χ1) is 21.7. The molecule has 16 heteroatoms. The maximum absolute atomic E-state index is 13.7. The Hall–Kier alpha value is -4.60. The van der Waals surface area contributed by atoms with Crippen molar-refractivity contribution in [2.45, 2.75) is 57.0 Å². The quantitative estimate of drug-likeness (QED) is 0.183. The number of hydrogen-bond donors (Lipinski definition) is 8. The molecule has 2 aromatic rings. The van der Waals surface area contributed by atoms with Gasteiger partial charge in [0.1, 0.15) is 30.0 Å². The second-order valence-corrected chi connectivity index (χ2v) is 11.5. The number of carbonyl (C=O) groups excluding carboxylic acids is 5. The van der Waals surface area contributed by atoms with Crippen LogP contribution in [0.5, 0.6) is 23.0 Å². The highest BCUT2D eigenvalue weighted by Gasteiger charge is 2.36. The largest absolute Gasteiger partial charge is 0.504 e. The minimum atomic E-state index is -1.71. The number of halogens is 1. The summed E-state index contributed by atoms with van der Waals surface area (Å²) in [4.78, 5) is 65.5. The van der Waals surface area contributed by atoms with E-state index in [4.69, 9.17) is 26.8 Å². The second-order valence-electron chi connectivity index (χ2n) is 11.1. The summed E-state index contributed by atoms with van der Waals surface area (Å²) in [7, 11) is 4.16. The topological polar surface area (TPSA) is 230 Å². The van der Waals surface area contributed by atoms with Gasteiger partial charge in [-0.3, -0.25) is 24.0 Å². The number of carbonyl (C=O) groups is 5. The number of benzene rings is 2. The average Bonchev–Trinajstić information content (AvgIpc) is 2.99. The van der Waals surface area contributed by atoms with Crippen molar-refractivity contribution in [3.8, 4) is 23.0 Å². The molecule has 4 bridgehead atoms. The van der Waals surface area contributed by atoms with Crippen LogP contribution in [0.25, 0.3) is 0 Å². The number of phenols is 1. The lowest BCUT2D eigenvalue weighted by Crippen LogP contribution is -2.59. The average molecular weight is 663 g/mol. The molecule has 0 aliphatic carbocycles. The third kappa shape index (κ3) is 8.56. The van der Waals surface area contributed by atoms with E-state index in [0.717, 1.165) is 0 Å². The van der Waals surface area contributed by atoms with Gasteiger partial charge in [-0.05, 0) is 54.8 Å². The number of rotatable bonds is 9. The van der Waals surface area contributed by atoms with Crippen LogP contribution in [0, 0.1) is 5.92 Å². The summed E-state index contributed by atoms with van der Waals surface area (Å²) >= 11 is 6.52. The number of likely N-dealkylation sites (N-methyl/N-ethyl adjacent to an activating group) is 2. The molecule has 2 heterocycles. The molecule has 4 rings (SSSR count). The molecule has 0 aromatic heterocycles. The van der Waals surface area contributed by atoms with E-state index in [0.29, 0.717) is 6.42 Å². The molecular formula is C30H39ClN6O9. The Bertz CT molecular complexity index is 1490. The van der Waals surface area contributed by atoms with Crippen LogP contribution in [0.3, 0.4) is 0 Å². The van der Waals surface area contributed by atoms with Crippen molar-refractivity contribution in [3.63, 3.8) is 0 Å². The van der Waals surface area contributed by atoms with Crippen LogP contribution in [0.1, 0.15) is 50.0 Å². The van der Waals surface area contributed by atoms with Gasteiger partial charge < -0.3 is 52.0 Å². The van der Waals surface area contributed by atoms with Crippen LogP contribution in [0.2, 0.25) is 5.02 Å². The molecule has 0 unspecified atom stereocenters. The summed E-state index contributed by atoms with van der Waals surface area (Å²) in [5.74, 6) is -4.87. The fourth-order valence-electron chi connectivity index (χ4n) is 4.88. The minimum Gasteiger partial charge on any atom is -0.504 e. The highest BCUT2D eigenvalue weighted by molar-refractivity contribution is 6.32. The number of nitrogens with one attached hydrogen (secondary N) is 5. The molecule has 0 fully saturated rings. The lowest BCUT2D eigenvalue weighted by atomic mass is 9.98. The Morgan fingerprint density at radius 1 is 1.07 bits per heavy atom. The van der Waals surface area contributed by atoms with Crippen molar-refractivity contribution >= 4 is 41.1 Å². The zero-order chi connectivity index (χ0) is 34.3. The summed E-state index contributed by atoms with van der Waals surface area (Å²) in [5, 5.41) is 34.8. The Kier molecular flexibility index (Phi) is 12.2. The van der Waals surface area contributed by atoms with Gasteiger partial charge in [-0.1, -0.05) is 31.5 Å². The predicted octanol–water partition coefficient (Wildman–Crippen LogP) is 0.276. The van der Waals surface area contributed by atoms with Gasteiger partial charge >= 0.3 is 0 Å². The van der Waals surface area contributed by atoms with E-state index in [2.05, 4.69) is 26.6 Å². The highest BCUT2D eigenvalue weighted by Crippen LogP contribution is 2.43. The normalized spacial score (nSPS) is 20.6. The zero-order valence-electron chi connectivity index (χ0n) is 26.0. The molecule has 46 heavy (non-hydrogen) atoms. The maximum Gasteiger partial charge on any atom is 0.246 e. The third-order valence-corrected chi connectivity index (χ3v) is 7.51. The number of fused-ring (bicyclic) bond motifs is 9. The van der Waals surface area contributed by atoms with Crippen LogP contribution in [-0.4, -0.2) is 79.1 Å². The summed E-state index contributed by atoms with van der Waals surface area (Å²) in [5.41, 5.74) is 5.51. The number of primary amides is 1. The van der Waals surface area contributed by atoms with E-state index in [1.54, 1.807) is 7.05 Å². The van der Waals surface area contributed by atoms with E-state index < -0.39 is 72.0 Å². The standard InChI is InChI=1S/C30H39ClN6O9/c1-13(2)8-17(33-3)27(41)37-24-25(40)14-6-7-20(16(31)9-14)46-21-11-15(10-19(38)26(21)45-5)23(29(43)34-4)36-28(42)18(12-22(32)39)35-30(24)44/h6-7,9-11,13,17-18,23-25,33,38,40H,8,12H2,1-5H3,(H2,32,39)(H,34,43)(H,35,44)(H,36,42)(H,37,41)/t17-,18+,23-,24-,25-/m1/s1. The fourth-order valence-corrected chi connectivity index (χ4v) is 5.11. The van der Waals surface area contributed by atoms with Gasteiger partial charge in [0, 0.05) is 7.05 Å². The summed E-state index contributed by atoms with van der Waals surface area (Å²) < 4.78 is 11.2. The van der Waals surface area contributed by atoms with Gasteiger partial charge in [-0.2, -0.15) is 0 Å². The summed E-state index contributed by atoms with van der Waals surface area (Å²) in [6.45, 7) is 3.81. The number of phenolic OH excluding ortho intramolecular Hbond substituents is 1. The van der Waals surface area contributed by atoms with E-state index in [1.165, 1.54) is 44.5 Å². The molecule has 9 N–H and O–H groups in total. The molecule has 5 amide bonds. The van der Waals surface area contributed by atoms with Gasteiger partial charge in [-0.25, -0.2) is 0 Å². The van der Waals surface area contributed by atoms with Crippen molar-refractivity contribution < 1.29 is 43.7 Å². The summed E-state index contributed by atoms with van der Waals surface area (Å²) in [6.07, 6.45) is -2.01. The van der Waals surface area contributed by atoms with Crippen molar-refractivity contribution in [2.75, 3.05) is 21.2 Å². The Morgan fingerprint density at radius 2 is 1.76 bits per heavy atom. The lowest BCUT2D eigenvalue weighted by Gasteiger charge is -2.29. The first-order valence-corrected chi connectivity index (χ1v) is 14.7. The van der Waals surface area contributed by atoms with Gasteiger partial charge in [0.15, 0.2) is 11.5 Å². The predicted molar refractivity (Wildman–Crippen MR) is 166 cm³/mol. The van der Waals surface area contributed by atoms with Gasteiger partial charge in [0.25, 0.3) is 0 Å². The molecule has 15 nitrogen and oxygen atoms in total. The van der Waals surface area contributed by atoms with E-state index in [1.807, 2.05) is 13.8 Å². The minimum absolute atomic E-state index is 0.0308. The first kappa shape index (κ1) is 35.9. The number of hydrogen-bond acceptors (Lipinski definition) is 10. The number of aliphatic hydroxyl groups excluding tert-OH is 1.